The van der Waals surface area contributed by atoms with E-state index in [0.717, 1.165) is 6.29 Å². The summed E-state index contributed by atoms with van der Waals surface area (Å²) in [7, 11) is 0. The molecule has 0 fully saturated rings. The minimum absolute atomic E-state index is 0.382. The van der Waals surface area contributed by atoms with Crippen LogP contribution in [-0.4, -0.2) is 11.8 Å². The van der Waals surface area contributed by atoms with Gasteiger partial charge in [-0.2, -0.15) is 0 Å². The fraction of sp³-hybridized carbons (Fsp3) is 0.286. The number of hydrogen-bond donors (Lipinski definition) is 1. The van der Waals surface area contributed by atoms with E-state index in [0.29, 0.717) is 10.2 Å². The lowest BCUT2D eigenvalue weighted by molar-refractivity contribution is -0.111. The van der Waals surface area contributed by atoms with Crippen LogP contribution in [0, 0.1) is 0 Å². The van der Waals surface area contributed by atoms with Crippen molar-refractivity contribution in [3.05, 3.63) is 22.3 Å². The third kappa shape index (κ3) is 1.98. The van der Waals surface area contributed by atoms with Gasteiger partial charge in [0.15, 0.2) is 0 Å². The van der Waals surface area contributed by atoms with Crippen molar-refractivity contribution in [1.82, 2.24) is 5.32 Å². The molecule has 0 aliphatic carbocycles. The highest BCUT2D eigenvalue weighted by atomic mass is 35.5. The van der Waals surface area contributed by atoms with Crippen molar-refractivity contribution in [3.63, 3.8) is 0 Å². The molecule has 11 heavy (non-hydrogen) atoms. The van der Waals surface area contributed by atoms with Crippen LogP contribution in [0.3, 0.4) is 0 Å². The van der Waals surface area contributed by atoms with Gasteiger partial charge in [0.25, 0.3) is 0 Å². The Morgan fingerprint density at radius 3 is 2.73 bits per heavy atom. The maximum absolute atomic E-state index is 10.5. The summed E-state index contributed by atoms with van der Waals surface area (Å²) >= 11 is 11.3. The van der Waals surface area contributed by atoms with Crippen LogP contribution in [-0.2, 0) is 4.79 Å². The topological polar surface area (TPSA) is 29.1 Å². The Balaban J connectivity index is 2.95. The maximum Gasteiger partial charge on any atom is 0.149 e. The molecule has 0 aromatic rings. The lowest BCUT2D eigenvalue weighted by Crippen LogP contribution is -2.42. The van der Waals surface area contributed by atoms with E-state index in [1.165, 1.54) is 0 Å². The Bertz CT molecular complexity index is 247. The van der Waals surface area contributed by atoms with Gasteiger partial charge in [0, 0.05) is 5.03 Å². The van der Waals surface area contributed by atoms with Crippen molar-refractivity contribution in [2.24, 2.45) is 0 Å². The molecular formula is C7H7Cl2NO. The van der Waals surface area contributed by atoms with E-state index in [1.807, 2.05) is 0 Å². The third-order valence-electron chi connectivity index (χ3n) is 1.34. The SMILES string of the molecule is CC1(C=O)C=C(Cl)C=C(Cl)N1. The van der Waals surface area contributed by atoms with Gasteiger partial charge in [-0.1, -0.05) is 23.2 Å². The first-order valence-corrected chi connectivity index (χ1v) is 3.81. The summed E-state index contributed by atoms with van der Waals surface area (Å²) in [5.74, 6) is 0. The molecule has 0 bridgehead atoms. The summed E-state index contributed by atoms with van der Waals surface area (Å²) in [5.41, 5.74) is -0.761. The average molecular weight is 192 g/mol. The molecule has 1 heterocycles. The molecule has 0 radical (unpaired) electrons. The number of aldehydes is 1. The molecule has 1 rings (SSSR count). The molecule has 2 nitrogen and oxygen atoms in total. The van der Waals surface area contributed by atoms with Crippen LogP contribution in [0.25, 0.3) is 0 Å². The first kappa shape index (κ1) is 8.62. The van der Waals surface area contributed by atoms with Gasteiger partial charge in [-0.15, -0.1) is 0 Å². The predicted octanol–water partition coefficient (Wildman–Crippen LogP) is 1.75. The van der Waals surface area contributed by atoms with E-state index in [1.54, 1.807) is 19.1 Å². The van der Waals surface area contributed by atoms with Crippen LogP contribution < -0.4 is 5.32 Å². The van der Waals surface area contributed by atoms with Gasteiger partial charge >= 0.3 is 0 Å². The predicted molar refractivity (Wildman–Crippen MR) is 45.5 cm³/mol. The average Bonchev–Trinajstić information content (AvgIpc) is 1.84. The van der Waals surface area contributed by atoms with Crippen LogP contribution in [0.4, 0.5) is 0 Å². The molecule has 0 saturated heterocycles. The molecule has 1 aliphatic heterocycles. The van der Waals surface area contributed by atoms with Crippen molar-refractivity contribution in [2.75, 3.05) is 0 Å². The van der Waals surface area contributed by atoms with Crippen LogP contribution in [0.1, 0.15) is 6.92 Å². The number of nitrogens with one attached hydrogen (secondary N) is 1. The summed E-state index contributed by atoms with van der Waals surface area (Å²) in [5, 5.41) is 3.63. The lowest BCUT2D eigenvalue weighted by atomic mass is 10.0. The molecule has 0 spiro atoms. The minimum atomic E-state index is -0.761. The normalized spacial score (nSPS) is 30.1. The molecule has 0 saturated carbocycles. The first-order valence-electron chi connectivity index (χ1n) is 3.06. The van der Waals surface area contributed by atoms with Crippen molar-refractivity contribution in [2.45, 2.75) is 12.5 Å². The van der Waals surface area contributed by atoms with Gasteiger partial charge in [-0.25, -0.2) is 0 Å². The Morgan fingerprint density at radius 2 is 2.27 bits per heavy atom. The second-order valence-corrected chi connectivity index (χ2v) is 3.39. The monoisotopic (exact) mass is 191 g/mol. The summed E-state index contributed by atoms with van der Waals surface area (Å²) in [6.07, 6.45) is 3.91. The first-order chi connectivity index (χ1) is 5.06. The second-order valence-electron chi connectivity index (χ2n) is 2.55. The zero-order valence-electron chi connectivity index (χ0n) is 5.90. The van der Waals surface area contributed by atoms with E-state index in [4.69, 9.17) is 23.2 Å². The third-order valence-corrected chi connectivity index (χ3v) is 1.76. The molecular weight excluding hydrogens is 185 g/mol. The van der Waals surface area contributed by atoms with Gasteiger partial charge in [-0.3, -0.25) is 0 Å². The molecule has 0 aromatic heterocycles. The number of halogens is 2. The van der Waals surface area contributed by atoms with E-state index in [2.05, 4.69) is 5.32 Å². The fourth-order valence-corrected chi connectivity index (χ4v) is 1.55. The van der Waals surface area contributed by atoms with Crippen molar-refractivity contribution in [1.29, 1.82) is 0 Å². The van der Waals surface area contributed by atoms with E-state index in [9.17, 15) is 4.79 Å². The number of carbonyl (C=O) groups is 1. The highest BCUT2D eigenvalue weighted by molar-refractivity contribution is 6.35. The highest BCUT2D eigenvalue weighted by Gasteiger charge is 2.24. The molecule has 0 amide bonds. The molecule has 1 N–H and O–H groups in total. The number of rotatable bonds is 1. The maximum atomic E-state index is 10.5. The van der Waals surface area contributed by atoms with E-state index >= 15 is 0 Å². The van der Waals surface area contributed by atoms with E-state index < -0.39 is 5.54 Å². The summed E-state index contributed by atoms with van der Waals surface area (Å²) < 4.78 is 0. The smallest absolute Gasteiger partial charge is 0.149 e. The van der Waals surface area contributed by atoms with Crippen molar-refractivity contribution in [3.8, 4) is 0 Å². The lowest BCUT2D eigenvalue weighted by Gasteiger charge is -2.24. The van der Waals surface area contributed by atoms with Crippen molar-refractivity contribution < 1.29 is 4.79 Å². The minimum Gasteiger partial charge on any atom is -0.361 e. The Hall–Kier alpha value is -0.470. The van der Waals surface area contributed by atoms with Gasteiger partial charge in [0.05, 0.1) is 0 Å². The Kier molecular flexibility index (Phi) is 2.25. The van der Waals surface area contributed by atoms with Crippen LogP contribution in [0.15, 0.2) is 22.3 Å². The number of carbonyl (C=O) groups excluding carboxylic acids is 1. The molecule has 1 unspecified atom stereocenters. The Labute approximate surface area is 74.9 Å². The second kappa shape index (κ2) is 2.88. The van der Waals surface area contributed by atoms with E-state index in [-0.39, 0.29) is 0 Å². The number of allylic oxidation sites excluding steroid dienone is 2. The van der Waals surface area contributed by atoms with Crippen LogP contribution in [0.5, 0.6) is 0 Å². The fourth-order valence-electron chi connectivity index (χ4n) is 0.842. The van der Waals surface area contributed by atoms with Gasteiger partial charge in [0.1, 0.15) is 17.0 Å². The number of hydrogen-bond acceptors (Lipinski definition) is 2. The molecule has 60 valence electrons. The molecule has 4 heteroatoms. The largest absolute Gasteiger partial charge is 0.361 e. The quantitative estimate of drug-likeness (QED) is 0.506. The Morgan fingerprint density at radius 1 is 1.64 bits per heavy atom. The zero-order valence-corrected chi connectivity index (χ0v) is 7.41. The van der Waals surface area contributed by atoms with Gasteiger partial charge in [-0.05, 0) is 19.1 Å². The van der Waals surface area contributed by atoms with Gasteiger partial charge < -0.3 is 10.1 Å². The summed E-state index contributed by atoms with van der Waals surface area (Å²) in [6.45, 7) is 1.69. The highest BCUT2D eigenvalue weighted by Crippen LogP contribution is 2.21. The summed E-state index contributed by atoms with van der Waals surface area (Å²) in [4.78, 5) is 10.5. The number of dihydropyridines is 1. The van der Waals surface area contributed by atoms with Crippen LogP contribution >= 0.6 is 23.2 Å². The zero-order chi connectivity index (χ0) is 8.48. The molecule has 1 atom stereocenters. The molecule has 0 aromatic carbocycles. The summed E-state index contributed by atoms with van der Waals surface area (Å²) in [6, 6.07) is 0. The molecule has 1 aliphatic rings. The van der Waals surface area contributed by atoms with Gasteiger partial charge in [0.2, 0.25) is 0 Å². The van der Waals surface area contributed by atoms with Crippen LogP contribution in [0.2, 0.25) is 0 Å². The standard InChI is InChI=1S/C7H7Cl2NO/c1-7(4-11)3-5(8)2-6(9)10-7/h2-4,10H,1H3. The van der Waals surface area contributed by atoms with Crippen molar-refractivity contribution >= 4 is 29.5 Å².